The van der Waals surface area contributed by atoms with Crippen molar-refractivity contribution in [2.75, 3.05) is 23.8 Å². The van der Waals surface area contributed by atoms with E-state index < -0.39 is 35.0 Å². The number of para-hydroxylation sites is 1. The first-order chi connectivity index (χ1) is 33.9. The lowest BCUT2D eigenvalue weighted by Gasteiger charge is -2.20. The lowest BCUT2D eigenvalue weighted by atomic mass is 10.1. The molecule has 0 bridgehead atoms. The molecule has 70 heavy (non-hydrogen) atoms. The summed E-state index contributed by atoms with van der Waals surface area (Å²) in [6, 6.07) is 13.2. The normalized spacial score (nSPS) is 12.1. The minimum absolute atomic E-state index is 0.0627. The van der Waals surface area contributed by atoms with Crippen molar-refractivity contribution < 1.29 is 38.4 Å². The van der Waals surface area contributed by atoms with Crippen LogP contribution in [0.5, 0.6) is 5.75 Å². The smallest absolute Gasteiger partial charge is 0.338 e. The number of carbonyl (C=O) groups is 4. The summed E-state index contributed by atoms with van der Waals surface area (Å²) in [5, 5.41) is 13.4. The van der Waals surface area contributed by atoms with Crippen molar-refractivity contribution >= 4 is 70.1 Å². The summed E-state index contributed by atoms with van der Waals surface area (Å²) < 4.78 is 12.5. The van der Waals surface area contributed by atoms with E-state index in [2.05, 4.69) is 34.8 Å². The Hall–Kier alpha value is -4.47. The molecule has 0 aliphatic heterocycles. The third-order valence-electron chi connectivity index (χ3n) is 11.9. The highest BCUT2D eigenvalue weighted by Gasteiger charge is 2.34. The molecule has 4 rings (SSSR count). The standard InChI is InChI=1S/C54H75Cl2N5O8S/c1-6-8-10-12-14-16-18-20-22-24-33-66-54(65)43-30-32-45(56)47(36-43)59-52(63)49(61-48(37-57-60-61)70-41(5)53(64)69-50-39(3)27-26-28-40(50)4)51(62)58-46-35-42(29-31-44(46)55)38-68-67-34-25-23-21-19-17-15-13-11-9-7-2/h26-32,35-37,41,49H,6-25,33-34,38H2,1-5H3,(H,58,62)(H,59,63). The van der Waals surface area contributed by atoms with Crippen LogP contribution in [0, 0.1) is 13.8 Å². The number of esters is 2. The fourth-order valence-electron chi connectivity index (χ4n) is 7.77. The predicted octanol–water partition coefficient (Wildman–Crippen LogP) is 14.6. The molecule has 0 fully saturated rings. The lowest BCUT2D eigenvalue weighted by Crippen LogP contribution is -2.37. The number of anilines is 2. The number of halogens is 2. The average molecular weight is 1030 g/mol. The Bertz CT molecular complexity index is 2200. The number of ether oxygens (including phenoxy) is 2. The number of carbonyl (C=O) groups excluding carboxylic acids is 4. The molecule has 16 heteroatoms. The molecule has 2 atom stereocenters. The molecule has 2 amide bonds. The van der Waals surface area contributed by atoms with Gasteiger partial charge in [0.2, 0.25) is 6.04 Å². The molecule has 13 nitrogen and oxygen atoms in total. The Labute approximate surface area is 430 Å². The molecular formula is C54H75Cl2N5O8S. The van der Waals surface area contributed by atoms with E-state index in [0.29, 0.717) is 17.9 Å². The third kappa shape index (κ3) is 20.7. The summed E-state index contributed by atoms with van der Waals surface area (Å²) in [6.45, 7) is 10.6. The second-order valence-corrected chi connectivity index (χ2v) is 20.1. The summed E-state index contributed by atoms with van der Waals surface area (Å²) in [5.74, 6) is -2.38. The van der Waals surface area contributed by atoms with Crippen LogP contribution in [-0.2, 0) is 35.5 Å². The van der Waals surface area contributed by atoms with Gasteiger partial charge in [0, 0.05) is 0 Å². The van der Waals surface area contributed by atoms with Crippen LogP contribution in [0.25, 0.3) is 0 Å². The first-order valence-electron chi connectivity index (χ1n) is 25.4. The zero-order valence-electron chi connectivity index (χ0n) is 42.0. The molecule has 0 aliphatic carbocycles. The number of hydrogen-bond acceptors (Lipinski definition) is 11. The van der Waals surface area contributed by atoms with Gasteiger partial charge in [-0.1, -0.05) is 194 Å². The van der Waals surface area contributed by atoms with Crippen LogP contribution < -0.4 is 15.4 Å². The molecule has 0 saturated heterocycles. The van der Waals surface area contributed by atoms with Crippen molar-refractivity contribution in [3.05, 3.63) is 93.1 Å². The maximum atomic E-state index is 14.4. The molecule has 1 aromatic heterocycles. The van der Waals surface area contributed by atoms with E-state index in [1.54, 1.807) is 25.1 Å². The van der Waals surface area contributed by atoms with Gasteiger partial charge in [-0.05, 0) is 80.6 Å². The minimum Gasteiger partial charge on any atom is -0.462 e. The highest BCUT2D eigenvalue weighted by Crippen LogP contribution is 2.32. The number of benzene rings is 3. The monoisotopic (exact) mass is 1020 g/mol. The fourth-order valence-corrected chi connectivity index (χ4v) is 8.97. The fraction of sp³-hybridized carbons (Fsp3) is 0.556. The number of nitrogens with zero attached hydrogens (tertiary/aromatic N) is 3. The number of thioether (sulfide) groups is 1. The van der Waals surface area contributed by atoms with Gasteiger partial charge in [0.05, 0.1) is 46.4 Å². The van der Waals surface area contributed by atoms with E-state index in [1.165, 1.54) is 108 Å². The predicted molar refractivity (Wildman–Crippen MR) is 281 cm³/mol. The summed E-state index contributed by atoms with van der Waals surface area (Å²) in [4.78, 5) is 66.4. The number of hydrogen-bond donors (Lipinski definition) is 2. The van der Waals surface area contributed by atoms with E-state index >= 15 is 0 Å². The largest absolute Gasteiger partial charge is 0.462 e. The van der Waals surface area contributed by atoms with Gasteiger partial charge in [0.25, 0.3) is 11.8 Å². The van der Waals surface area contributed by atoms with Gasteiger partial charge in [-0.15, -0.1) is 5.10 Å². The molecule has 2 N–H and O–H groups in total. The van der Waals surface area contributed by atoms with Crippen LogP contribution in [0.2, 0.25) is 10.0 Å². The van der Waals surface area contributed by atoms with Gasteiger partial charge >= 0.3 is 11.9 Å². The molecule has 0 saturated carbocycles. The Morgan fingerprint density at radius 3 is 1.74 bits per heavy atom. The van der Waals surface area contributed by atoms with Gasteiger partial charge in [-0.25, -0.2) is 19.3 Å². The number of unbranched alkanes of at least 4 members (excludes halogenated alkanes) is 18. The molecule has 0 aliphatic rings. The van der Waals surface area contributed by atoms with Crippen molar-refractivity contribution in [2.45, 2.75) is 186 Å². The Morgan fingerprint density at radius 1 is 0.657 bits per heavy atom. The number of nitrogens with one attached hydrogen (secondary N) is 2. The van der Waals surface area contributed by atoms with Crippen LogP contribution in [0.4, 0.5) is 11.4 Å². The van der Waals surface area contributed by atoms with Crippen molar-refractivity contribution in [3.63, 3.8) is 0 Å². The lowest BCUT2D eigenvalue weighted by molar-refractivity contribution is -0.304. The highest BCUT2D eigenvalue weighted by molar-refractivity contribution is 8.00. The summed E-state index contributed by atoms with van der Waals surface area (Å²) in [7, 11) is 0. The van der Waals surface area contributed by atoms with Crippen LogP contribution in [0.15, 0.2) is 65.8 Å². The first-order valence-corrected chi connectivity index (χ1v) is 27.0. The summed E-state index contributed by atoms with van der Waals surface area (Å²) in [5.41, 5.74) is 2.67. The van der Waals surface area contributed by atoms with E-state index in [1.807, 2.05) is 32.0 Å². The number of amides is 2. The molecule has 3 aromatic carbocycles. The average Bonchev–Trinajstić information content (AvgIpc) is 3.79. The second-order valence-electron chi connectivity index (χ2n) is 17.9. The van der Waals surface area contributed by atoms with Crippen molar-refractivity contribution in [3.8, 4) is 5.75 Å². The first kappa shape index (κ1) is 58.1. The Balaban J connectivity index is 1.43. The van der Waals surface area contributed by atoms with Gasteiger partial charge in [0.1, 0.15) is 22.6 Å². The van der Waals surface area contributed by atoms with E-state index in [-0.39, 0.29) is 45.2 Å². The van der Waals surface area contributed by atoms with Crippen LogP contribution in [0.1, 0.15) is 182 Å². The van der Waals surface area contributed by atoms with Gasteiger partial charge < -0.3 is 20.1 Å². The molecule has 4 aromatic rings. The molecular weight excluding hydrogens is 950 g/mol. The SMILES string of the molecule is CCCCCCCCCCCCOOCc1ccc(Cl)c(NC(=O)C(C(=O)Nc2cc(C(=O)OCCCCCCCCCCCC)ccc2Cl)n2nncc2SC(C)C(=O)Oc2c(C)cccc2C)c1. The van der Waals surface area contributed by atoms with Crippen molar-refractivity contribution in [1.82, 2.24) is 15.0 Å². The third-order valence-corrected chi connectivity index (χ3v) is 13.6. The zero-order chi connectivity index (χ0) is 50.5. The highest BCUT2D eigenvalue weighted by atomic mass is 35.5. The molecule has 384 valence electrons. The molecule has 2 unspecified atom stereocenters. The quantitative estimate of drug-likeness (QED) is 0.00859. The Kier molecular flexibility index (Phi) is 27.6. The number of rotatable bonds is 35. The van der Waals surface area contributed by atoms with E-state index in [0.717, 1.165) is 72.5 Å². The summed E-state index contributed by atoms with van der Waals surface area (Å²) >= 11 is 14.2. The van der Waals surface area contributed by atoms with Gasteiger partial charge in [0.15, 0.2) is 0 Å². The molecule has 0 radical (unpaired) electrons. The Morgan fingerprint density at radius 2 is 1.17 bits per heavy atom. The molecule has 0 spiro atoms. The number of aromatic nitrogens is 3. The topological polar surface area (TPSA) is 160 Å². The molecule has 1 heterocycles. The van der Waals surface area contributed by atoms with Gasteiger partial charge in [-0.3, -0.25) is 14.4 Å². The van der Waals surface area contributed by atoms with Crippen LogP contribution in [0.3, 0.4) is 0 Å². The van der Waals surface area contributed by atoms with E-state index in [4.69, 9.17) is 42.5 Å². The minimum atomic E-state index is -1.73. The van der Waals surface area contributed by atoms with Crippen molar-refractivity contribution in [2.24, 2.45) is 0 Å². The summed E-state index contributed by atoms with van der Waals surface area (Å²) in [6.07, 6.45) is 25.0. The van der Waals surface area contributed by atoms with E-state index in [9.17, 15) is 19.2 Å². The maximum absolute atomic E-state index is 14.4. The van der Waals surface area contributed by atoms with Crippen LogP contribution in [-0.4, -0.2) is 57.2 Å². The van der Waals surface area contributed by atoms with Crippen LogP contribution >= 0.6 is 35.0 Å². The zero-order valence-corrected chi connectivity index (χ0v) is 44.3. The van der Waals surface area contributed by atoms with Crippen molar-refractivity contribution in [1.29, 1.82) is 0 Å². The maximum Gasteiger partial charge on any atom is 0.338 e. The van der Waals surface area contributed by atoms with Gasteiger partial charge in [-0.2, -0.15) is 0 Å². The second kappa shape index (κ2) is 33.2. The number of aryl methyl sites for hydroxylation is 2.